The molecule has 1 aliphatic rings. The molecule has 0 saturated carbocycles. The summed E-state index contributed by atoms with van der Waals surface area (Å²) in [5, 5.41) is 0.938. The number of nitrogens with zero attached hydrogens (tertiary/aromatic N) is 1. The summed E-state index contributed by atoms with van der Waals surface area (Å²) in [6, 6.07) is 3.83. The van der Waals surface area contributed by atoms with Crippen LogP contribution in [-0.4, -0.2) is 28.9 Å². The number of carbonyl (C=O) groups excluding carboxylic acids is 1. The van der Waals surface area contributed by atoms with Crippen molar-refractivity contribution in [3.63, 3.8) is 0 Å². The van der Waals surface area contributed by atoms with Crippen LogP contribution in [-0.2, 0) is 9.53 Å². The molecule has 2 atom stereocenters. The van der Waals surface area contributed by atoms with Gasteiger partial charge in [0.1, 0.15) is 11.1 Å². The van der Waals surface area contributed by atoms with Crippen LogP contribution >= 0.6 is 27.7 Å². The summed E-state index contributed by atoms with van der Waals surface area (Å²) in [5.74, 6) is 5.61. The van der Waals surface area contributed by atoms with Crippen molar-refractivity contribution in [3.05, 3.63) is 22.8 Å². The Balaban J connectivity index is 1.82. The predicted octanol–water partition coefficient (Wildman–Crippen LogP) is 1.47. The van der Waals surface area contributed by atoms with Crippen molar-refractivity contribution in [2.75, 3.05) is 5.75 Å². The van der Waals surface area contributed by atoms with Crippen LogP contribution in [0.25, 0.3) is 0 Å². The van der Waals surface area contributed by atoms with Gasteiger partial charge in [0.05, 0.1) is 6.10 Å². The Morgan fingerprint density at radius 1 is 1.67 bits per heavy atom. The zero-order valence-corrected chi connectivity index (χ0v) is 12.0. The van der Waals surface area contributed by atoms with Gasteiger partial charge in [-0.2, -0.15) is 0 Å². The van der Waals surface area contributed by atoms with Gasteiger partial charge >= 0.3 is 0 Å². The molecule has 1 amide bonds. The summed E-state index contributed by atoms with van der Waals surface area (Å²) in [6.45, 7) is 0. The van der Waals surface area contributed by atoms with Crippen molar-refractivity contribution in [1.82, 2.24) is 10.4 Å². The molecule has 0 aromatic carbocycles. The van der Waals surface area contributed by atoms with Crippen molar-refractivity contribution in [3.8, 4) is 0 Å². The third-order valence-electron chi connectivity index (χ3n) is 2.67. The number of amides is 1. The zero-order chi connectivity index (χ0) is 13.0. The first-order valence-corrected chi connectivity index (χ1v) is 7.38. The second kappa shape index (κ2) is 6.51. The summed E-state index contributed by atoms with van der Waals surface area (Å²) in [6.07, 6.45) is 3.01. The van der Waals surface area contributed by atoms with Gasteiger partial charge in [0, 0.05) is 16.4 Å². The first kappa shape index (κ1) is 13.8. The van der Waals surface area contributed by atoms with Crippen molar-refractivity contribution in [2.24, 2.45) is 5.84 Å². The number of hydrazine groups is 1. The molecular weight excluding hydrogens is 318 g/mol. The molecule has 18 heavy (non-hydrogen) atoms. The lowest BCUT2D eigenvalue weighted by molar-refractivity contribution is -0.131. The molecule has 1 aromatic rings. The van der Waals surface area contributed by atoms with Crippen LogP contribution < -0.4 is 11.3 Å². The molecule has 7 heteroatoms. The van der Waals surface area contributed by atoms with E-state index in [2.05, 4.69) is 26.3 Å². The molecule has 1 aliphatic heterocycles. The standard InChI is InChI=1S/C11H14BrN3O2S/c12-8-2-1-5-14-11(8)18-6-7-3-4-9(17-7)10(16)15-13/h1-2,5,7,9H,3-4,6,13H2,(H,15,16). The average molecular weight is 332 g/mol. The highest BCUT2D eigenvalue weighted by molar-refractivity contribution is 9.10. The maximum Gasteiger partial charge on any atom is 0.263 e. The Morgan fingerprint density at radius 2 is 2.50 bits per heavy atom. The van der Waals surface area contributed by atoms with Crippen LogP contribution in [0.2, 0.25) is 0 Å². The van der Waals surface area contributed by atoms with Crippen LogP contribution in [0.4, 0.5) is 0 Å². The number of carbonyl (C=O) groups is 1. The molecule has 3 N–H and O–H groups in total. The average Bonchev–Trinajstić information content (AvgIpc) is 2.86. The van der Waals surface area contributed by atoms with Crippen LogP contribution in [0.3, 0.4) is 0 Å². The molecule has 0 bridgehead atoms. The SMILES string of the molecule is NNC(=O)C1CCC(CSc2ncccc2Br)O1. The number of halogens is 1. The van der Waals surface area contributed by atoms with Crippen molar-refractivity contribution < 1.29 is 9.53 Å². The van der Waals surface area contributed by atoms with E-state index in [-0.39, 0.29) is 12.0 Å². The number of hydrogen-bond donors (Lipinski definition) is 2. The third-order valence-corrected chi connectivity index (χ3v) is 4.71. The van der Waals surface area contributed by atoms with Gasteiger partial charge in [-0.15, -0.1) is 11.8 Å². The van der Waals surface area contributed by atoms with Crippen LogP contribution in [0.15, 0.2) is 27.8 Å². The molecule has 0 aliphatic carbocycles. The summed E-state index contributed by atoms with van der Waals surface area (Å²) >= 11 is 5.07. The Kier molecular flexibility index (Phi) is 4.99. The third kappa shape index (κ3) is 3.44. The van der Waals surface area contributed by atoms with E-state index in [9.17, 15) is 4.79 Å². The van der Waals surface area contributed by atoms with E-state index in [1.807, 2.05) is 12.1 Å². The van der Waals surface area contributed by atoms with Gasteiger partial charge in [-0.25, -0.2) is 10.8 Å². The predicted molar refractivity (Wildman–Crippen MR) is 72.9 cm³/mol. The van der Waals surface area contributed by atoms with Gasteiger partial charge in [0.25, 0.3) is 5.91 Å². The molecule has 2 rings (SSSR count). The minimum absolute atomic E-state index is 0.0752. The number of hydrogen-bond acceptors (Lipinski definition) is 5. The zero-order valence-electron chi connectivity index (χ0n) is 9.64. The maximum absolute atomic E-state index is 11.3. The number of rotatable bonds is 4. The Bertz CT molecular complexity index is 433. The lowest BCUT2D eigenvalue weighted by Crippen LogP contribution is -2.39. The monoisotopic (exact) mass is 331 g/mol. The first-order chi connectivity index (χ1) is 8.70. The molecule has 0 spiro atoms. The van der Waals surface area contributed by atoms with Gasteiger partial charge in [-0.1, -0.05) is 0 Å². The fraction of sp³-hybridized carbons (Fsp3) is 0.455. The normalized spacial score (nSPS) is 23.0. The molecule has 1 saturated heterocycles. The second-order valence-electron chi connectivity index (χ2n) is 3.93. The number of thioether (sulfide) groups is 1. The Morgan fingerprint density at radius 3 is 3.22 bits per heavy atom. The highest BCUT2D eigenvalue weighted by atomic mass is 79.9. The lowest BCUT2D eigenvalue weighted by atomic mass is 10.2. The second-order valence-corrected chi connectivity index (χ2v) is 5.80. The molecule has 2 heterocycles. The minimum atomic E-state index is -0.409. The van der Waals surface area contributed by atoms with Crippen molar-refractivity contribution in [1.29, 1.82) is 0 Å². The largest absolute Gasteiger partial charge is 0.364 e. The van der Waals surface area contributed by atoms with Gasteiger partial charge in [0.15, 0.2) is 0 Å². The topological polar surface area (TPSA) is 77.2 Å². The molecule has 1 aromatic heterocycles. The van der Waals surface area contributed by atoms with Gasteiger partial charge in [-0.3, -0.25) is 10.2 Å². The fourth-order valence-electron chi connectivity index (χ4n) is 1.76. The van der Waals surface area contributed by atoms with Crippen molar-refractivity contribution >= 4 is 33.6 Å². The van der Waals surface area contributed by atoms with Crippen LogP contribution in [0.1, 0.15) is 12.8 Å². The molecule has 98 valence electrons. The fourth-order valence-corrected chi connectivity index (χ4v) is 3.29. The highest BCUT2D eigenvalue weighted by Crippen LogP contribution is 2.29. The number of pyridine rings is 1. The van der Waals surface area contributed by atoms with Crippen molar-refractivity contribution in [2.45, 2.75) is 30.1 Å². The number of ether oxygens (including phenoxy) is 1. The van der Waals surface area contributed by atoms with Gasteiger partial charge in [-0.05, 0) is 40.9 Å². The summed E-state index contributed by atoms with van der Waals surface area (Å²) < 4.78 is 6.60. The van der Waals surface area contributed by atoms with E-state index >= 15 is 0 Å². The number of nitrogens with two attached hydrogens (primary N) is 1. The highest BCUT2D eigenvalue weighted by Gasteiger charge is 2.30. The molecule has 1 fully saturated rings. The van der Waals surface area contributed by atoms with E-state index in [4.69, 9.17) is 10.6 Å². The van der Waals surface area contributed by atoms with Crippen LogP contribution in [0.5, 0.6) is 0 Å². The van der Waals surface area contributed by atoms with E-state index in [1.165, 1.54) is 0 Å². The number of aromatic nitrogens is 1. The molecular formula is C11H14BrN3O2S. The first-order valence-electron chi connectivity index (χ1n) is 5.60. The lowest BCUT2D eigenvalue weighted by Gasteiger charge is -2.12. The van der Waals surface area contributed by atoms with E-state index in [0.717, 1.165) is 28.1 Å². The van der Waals surface area contributed by atoms with Gasteiger partial charge < -0.3 is 4.74 Å². The number of nitrogens with one attached hydrogen (secondary N) is 1. The Hall–Kier alpha value is -0.630. The quantitative estimate of drug-likeness (QED) is 0.378. The molecule has 0 radical (unpaired) electrons. The van der Waals surface area contributed by atoms with E-state index < -0.39 is 6.10 Å². The van der Waals surface area contributed by atoms with E-state index in [0.29, 0.717) is 0 Å². The van der Waals surface area contributed by atoms with Crippen LogP contribution in [0, 0.1) is 0 Å². The summed E-state index contributed by atoms with van der Waals surface area (Å²) in [5.41, 5.74) is 2.12. The van der Waals surface area contributed by atoms with E-state index in [1.54, 1.807) is 18.0 Å². The molecule has 2 unspecified atom stereocenters. The van der Waals surface area contributed by atoms with Gasteiger partial charge in [0.2, 0.25) is 0 Å². The molecule has 5 nitrogen and oxygen atoms in total. The minimum Gasteiger partial charge on any atom is -0.364 e. The Labute approximate surface area is 118 Å². The smallest absolute Gasteiger partial charge is 0.263 e. The maximum atomic E-state index is 11.3. The summed E-state index contributed by atoms with van der Waals surface area (Å²) in [7, 11) is 0. The summed E-state index contributed by atoms with van der Waals surface area (Å²) in [4.78, 5) is 15.6.